The van der Waals surface area contributed by atoms with Gasteiger partial charge in [-0.2, -0.15) is 0 Å². The molecule has 2 amide bonds. The van der Waals surface area contributed by atoms with Crippen molar-refractivity contribution in [1.29, 1.82) is 0 Å². The van der Waals surface area contributed by atoms with E-state index in [1.165, 1.54) is 29.2 Å². The van der Waals surface area contributed by atoms with Gasteiger partial charge in [-0.1, -0.05) is 42.0 Å². The minimum absolute atomic E-state index is 0.0955. The molecule has 8 nitrogen and oxygen atoms in total. The van der Waals surface area contributed by atoms with Crippen LogP contribution in [0.3, 0.4) is 0 Å². The smallest absolute Gasteiger partial charge is 0.278 e. The monoisotopic (exact) mass is 457 g/mol. The Bertz CT molecular complexity index is 1280. The van der Waals surface area contributed by atoms with Gasteiger partial charge in [0.1, 0.15) is 11.4 Å². The molecule has 0 aromatic heterocycles. The number of nitro benzene ring substituents is 1. The third kappa shape index (κ3) is 4.52. The van der Waals surface area contributed by atoms with Crippen LogP contribution >= 0.6 is 0 Å². The lowest BCUT2D eigenvalue weighted by molar-refractivity contribution is -0.384. The number of rotatable bonds is 8. The second-order valence-corrected chi connectivity index (χ2v) is 7.79. The van der Waals surface area contributed by atoms with Gasteiger partial charge in [0.05, 0.1) is 29.3 Å². The summed E-state index contributed by atoms with van der Waals surface area (Å²) in [6.07, 6.45) is 0. The number of benzene rings is 3. The Morgan fingerprint density at radius 2 is 1.62 bits per heavy atom. The van der Waals surface area contributed by atoms with Crippen molar-refractivity contribution >= 4 is 28.8 Å². The van der Waals surface area contributed by atoms with Crippen molar-refractivity contribution < 1.29 is 19.2 Å². The van der Waals surface area contributed by atoms with Crippen LogP contribution in [0.2, 0.25) is 0 Å². The van der Waals surface area contributed by atoms with Crippen LogP contribution in [0.25, 0.3) is 5.57 Å². The zero-order chi connectivity index (χ0) is 24.2. The minimum Gasteiger partial charge on any atom is -0.492 e. The lowest BCUT2D eigenvalue weighted by Gasteiger charge is -2.16. The Hall–Kier alpha value is -4.46. The van der Waals surface area contributed by atoms with Crippen LogP contribution in [0, 0.1) is 17.0 Å². The van der Waals surface area contributed by atoms with E-state index < -0.39 is 16.7 Å². The molecule has 0 spiro atoms. The number of carbonyl (C=O) groups is 2. The number of imide groups is 1. The molecular formula is C26H23N3O5. The third-order valence-electron chi connectivity index (χ3n) is 5.44. The van der Waals surface area contributed by atoms with Gasteiger partial charge >= 0.3 is 0 Å². The van der Waals surface area contributed by atoms with Crippen molar-refractivity contribution in [3.8, 4) is 5.75 Å². The number of ether oxygens (including phenoxy) is 1. The van der Waals surface area contributed by atoms with Crippen LogP contribution in [0.15, 0.2) is 78.5 Å². The zero-order valence-electron chi connectivity index (χ0n) is 18.8. The van der Waals surface area contributed by atoms with Crippen LogP contribution in [-0.4, -0.2) is 28.2 Å². The maximum atomic E-state index is 13.5. The topological polar surface area (TPSA) is 102 Å². The average molecular weight is 457 g/mol. The van der Waals surface area contributed by atoms with Crippen LogP contribution in [0.4, 0.5) is 11.4 Å². The fraction of sp³-hybridized carbons (Fsp3) is 0.154. The standard InChI is InChI=1S/C26H23N3O5/c1-3-34-22-7-5-4-6-21(22)27-24-23(19-12-14-20(15-13-19)29(32)33)25(30)28(26(24)31)16-18-10-8-17(2)9-11-18/h4-15,27H,3,16H2,1-2H3. The molecule has 1 heterocycles. The molecule has 172 valence electrons. The summed E-state index contributed by atoms with van der Waals surface area (Å²) in [5, 5.41) is 14.2. The number of nitrogens with one attached hydrogen (secondary N) is 1. The Morgan fingerprint density at radius 1 is 0.941 bits per heavy atom. The van der Waals surface area contributed by atoms with Gasteiger partial charge < -0.3 is 10.1 Å². The van der Waals surface area contributed by atoms with Crippen molar-refractivity contribution in [2.75, 3.05) is 11.9 Å². The van der Waals surface area contributed by atoms with E-state index >= 15 is 0 Å². The molecule has 0 fully saturated rings. The van der Waals surface area contributed by atoms with Crippen LogP contribution < -0.4 is 10.1 Å². The maximum absolute atomic E-state index is 13.5. The predicted molar refractivity (Wildman–Crippen MR) is 128 cm³/mol. The Kier molecular flexibility index (Phi) is 6.40. The number of non-ortho nitro benzene ring substituents is 1. The summed E-state index contributed by atoms with van der Waals surface area (Å²) in [6, 6.07) is 20.3. The zero-order valence-corrected chi connectivity index (χ0v) is 18.8. The molecule has 1 aliphatic rings. The number of amides is 2. The quantitative estimate of drug-likeness (QED) is 0.299. The number of aryl methyl sites for hydroxylation is 1. The molecule has 3 aromatic carbocycles. The fourth-order valence-corrected chi connectivity index (χ4v) is 3.72. The molecule has 0 bridgehead atoms. The molecule has 0 unspecified atom stereocenters. The highest BCUT2D eigenvalue weighted by Crippen LogP contribution is 2.34. The fourth-order valence-electron chi connectivity index (χ4n) is 3.72. The molecule has 0 radical (unpaired) electrons. The number of carbonyl (C=O) groups excluding carboxylic acids is 2. The Labute approximate surface area is 196 Å². The summed E-state index contributed by atoms with van der Waals surface area (Å²) in [5.41, 5.74) is 2.97. The Balaban J connectivity index is 1.76. The van der Waals surface area contributed by atoms with E-state index in [1.807, 2.05) is 44.2 Å². The second-order valence-electron chi connectivity index (χ2n) is 7.79. The van der Waals surface area contributed by atoms with Gasteiger partial charge in [-0.15, -0.1) is 0 Å². The van der Waals surface area contributed by atoms with Gasteiger partial charge in [-0.3, -0.25) is 24.6 Å². The summed E-state index contributed by atoms with van der Waals surface area (Å²) in [4.78, 5) is 38.6. The van der Waals surface area contributed by atoms with Crippen LogP contribution in [0.1, 0.15) is 23.6 Å². The molecule has 0 aliphatic carbocycles. The number of nitrogens with zero attached hydrogens (tertiary/aromatic N) is 2. The van der Waals surface area contributed by atoms with E-state index in [1.54, 1.807) is 18.2 Å². The lowest BCUT2D eigenvalue weighted by Crippen LogP contribution is -2.32. The minimum atomic E-state index is -0.513. The molecule has 0 atom stereocenters. The molecule has 0 saturated carbocycles. The van der Waals surface area contributed by atoms with Gasteiger partial charge in [0, 0.05) is 12.1 Å². The highest BCUT2D eigenvalue weighted by molar-refractivity contribution is 6.36. The molecule has 3 aromatic rings. The van der Waals surface area contributed by atoms with Crippen molar-refractivity contribution in [3.63, 3.8) is 0 Å². The molecular weight excluding hydrogens is 434 g/mol. The normalized spacial score (nSPS) is 13.4. The number of para-hydroxylation sites is 2. The van der Waals surface area contributed by atoms with Crippen molar-refractivity contribution in [2.24, 2.45) is 0 Å². The van der Waals surface area contributed by atoms with E-state index in [0.717, 1.165) is 11.1 Å². The van der Waals surface area contributed by atoms with E-state index in [9.17, 15) is 19.7 Å². The average Bonchev–Trinajstić information content (AvgIpc) is 3.06. The SMILES string of the molecule is CCOc1ccccc1NC1=C(c2ccc([N+](=O)[O-])cc2)C(=O)N(Cc2ccc(C)cc2)C1=O. The highest BCUT2D eigenvalue weighted by Gasteiger charge is 2.39. The first-order valence-corrected chi connectivity index (χ1v) is 10.8. The van der Waals surface area contributed by atoms with Gasteiger partial charge in [0.25, 0.3) is 17.5 Å². The molecule has 0 saturated heterocycles. The van der Waals surface area contributed by atoms with E-state index in [4.69, 9.17) is 4.74 Å². The van der Waals surface area contributed by atoms with Gasteiger partial charge in [0.15, 0.2) is 0 Å². The van der Waals surface area contributed by atoms with Crippen molar-refractivity contribution in [1.82, 2.24) is 4.90 Å². The van der Waals surface area contributed by atoms with Crippen molar-refractivity contribution in [3.05, 3.63) is 105 Å². The number of anilines is 1. The second kappa shape index (κ2) is 9.58. The number of hydrogen-bond acceptors (Lipinski definition) is 6. The molecule has 4 rings (SSSR count). The van der Waals surface area contributed by atoms with Crippen LogP contribution in [0.5, 0.6) is 5.75 Å². The summed E-state index contributed by atoms with van der Waals surface area (Å²) in [7, 11) is 0. The summed E-state index contributed by atoms with van der Waals surface area (Å²) in [5.74, 6) is -0.418. The molecule has 1 aliphatic heterocycles. The van der Waals surface area contributed by atoms with E-state index in [-0.39, 0.29) is 23.5 Å². The first-order valence-electron chi connectivity index (χ1n) is 10.8. The van der Waals surface area contributed by atoms with E-state index in [2.05, 4.69) is 5.32 Å². The van der Waals surface area contributed by atoms with E-state index in [0.29, 0.717) is 23.6 Å². The largest absolute Gasteiger partial charge is 0.492 e. The van der Waals surface area contributed by atoms with Gasteiger partial charge in [0.2, 0.25) is 0 Å². The highest BCUT2D eigenvalue weighted by atomic mass is 16.6. The first kappa shape index (κ1) is 22.7. The maximum Gasteiger partial charge on any atom is 0.278 e. The van der Waals surface area contributed by atoms with Gasteiger partial charge in [-0.25, -0.2) is 0 Å². The van der Waals surface area contributed by atoms with Crippen LogP contribution in [-0.2, 0) is 16.1 Å². The lowest BCUT2D eigenvalue weighted by atomic mass is 10.0. The number of hydrogen-bond donors (Lipinski definition) is 1. The van der Waals surface area contributed by atoms with Crippen molar-refractivity contribution in [2.45, 2.75) is 20.4 Å². The number of nitro groups is 1. The molecule has 1 N–H and O–H groups in total. The first-order chi connectivity index (χ1) is 16.4. The summed E-state index contributed by atoms with van der Waals surface area (Å²) in [6.45, 7) is 4.35. The molecule has 8 heteroatoms. The molecule has 34 heavy (non-hydrogen) atoms. The predicted octanol–water partition coefficient (Wildman–Crippen LogP) is 4.69. The summed E-state index contributed by atoms with van der Waals surface area (Å²) >= 11 is 0. The third-order valence-corrected chi connectivity index (χ3v) is 5.44. The van der Waals surface area contributed by atoms with Gasteiger partial charge in [-0.05, 0) is 49.2 Å². The Morgan fingerprint density at radius 3 is 2.26 bits per heavy atom. The summed E-state index contributed by atoms with van der Waals surface area (Å²) < 4.78 is 5.66.